The summed E-state index contributed by atoms with van der Waals surface area (Å²) < 4.78 is 7.11. The number of hydrogen-bond acceptors (Lipinski definition) is 4. The summed E-state index contributed by atoms with van der Waals surface area (Å²) in [5.41, 5.74) is 0.0179. The van der Waals surface area contributed by atoms with E-state index in [9.17, 15) is 9.59 Å². The van der Waals surface area contributed by atoms with E-state index in [1.807, 2.05) is 0 Å². The van der Waals surface area contributed by atoms with Crippen LogP contribution in [0.15, 0.2) is 35.3 Å². The zero-order chi connectivity index (χ0) is 14.7. The third-order valence-corrected chi connectivity index (χ3v) is 3.53. The number of carbonyl (C=O) groups excluding carboxylic acids is 1. The summed E-state index contributed by atoms with van der Waals surface area (Å²) in [7, 11) is 0. The summed E-state index contributed by atoms with van der Waals surface area (Å²) >= 11 is 8.00. The van der Waals surface area contributed by atoms with Crippen molar-refractivity contribution in [2.45, 2.75) is 6.92 Å². The fraction of sp³-hybridized carbons (Fsp3) is 0.154. The van der Waals surface area contributed by atoms with Crippen LogP contribution in [0, 0.1) is 3.57 Å². The van der Waals surface area contributed by atoms with Gasteiger partial charge in [-0.05, 0) is 47.7 Å². The summed E-state index contributed by atoms with van der Waals surface area (Å²) in [6, 6.07) is 6.52. The molecule has 0 aliphatic heterocycles. The molecule has 0 amide bonds. The monoisotopic (exact) mass is 404 g/mol. The number of halogens is 2. The lowest BCUT2D eigenvalue weighted by Crippen LogP contribution is -2.22. The molecule has 7 heteroatoms. The Bertz CT molecular complexity index is 715. The van der Waals surface area contributed by atoms with Crippen LogP contribution in [0.4, 0.5) is 0 Å². The molecule has 0 bridgehead atoms. The lowest BCUT2D eigenvalue weighted by atomic mass is 10.3. The highest BCUT2D eigenvalue weighted by atomic mass is 127. The van der Waals surface area contributed by atoms with E-state index in [1.165, 1.54) is 16.9 Å². The predicted molar refractivity (Wildman–Crippen MR) is 83.5 cm³/mol. The van der Waals surface area contributed by atoms with Gasteiger partial charge in [0.05, 0.1) is 12.3 Å². The van der Waals surface area contributed by atoms with Crippen LogP contribution < -0.4 is 5.43 Å². The Labute approximate surface area is 133 Å². The van der Waals surface area contributed by atoms with Gasteiger partial charge < -0.3 is 4.74 Å². The van der Waals surface area contributed by atoms with E-state index < -0.39 is 11.4 Å². The minimum Gasteiger partial charge on any atom is -0.461 e. The first-order valence-electron chi connectivity index (χ1n) is 5.75. The molecule has 0 fully saturated rings. The number of benzene rings is 1. The normalized spacial score (nSPS) is 10.3. The van der Waals surface area contributed by atoms with Crippen molar-refractivity contribution in [1.82, 2.24) is 9.78 Å². The molecular formula is C13H10ClIN2O3. The van der Waals surface area contributed by atoms with Crippen LogP contribution in [0.1, 0.15) is 17.4 Å². The zero-order valence-electron chi connectivity index (χ0n) is 10.5. The molecule has 0 spiro atoms. The summed E-state index contributed by atoms with van der Waals surface area (Å²) in [5.74, 6) is -0.726. The number of carbonyl (C=O) groups is 1. The Kier molecular flexibility index (Phi) is 4.77. The average molecular weight is 405 g/mol. The number of esters is 1. The van der Waals surface area contributed by atoms with Crippen LogP contribution in [0.25, 0.3) is 5.69 Å². The second-order valence-corrected chi connectivity index (χ2v) is 5.39. The van der Waals surface area contributed by atoms with Crippen molar-refractivity contribution in [3.8, 4) is 5.69 Å². The van der Waals surface area contributed by atoms with Crippen LogP contribution >= 0.6 is 34.2 Å². The van der Waals surface area contributed by atoms with Gasteiger partial charge in [-0.2, -0.15) is 5.10 Å². The van der Waals surface area contributed by atoms with Gasteiger partial charge in [0.25, 0.3) is 0 Å². The maximum Gasteiger partial charge on any atom is 0.362 e. The van der Waals surface area contributed by atoms with E-state index in [2.05, 4.69) is 27.7 Å². The Morgan fingerprint density at radius 2 is 2.20 bits per heavy atom. The first-order chi connectivity index (χ1) is 9.52. The van der Waals surface area contributed by atoms with Crippen LogP contribution in [-0.4, -0.2) is 22.4 Å². The fourth-order valence-corrected chi connectivity index (χ4v) is 2.67. The van der Waals surface area contributed by atoms with Crippen molar-refractivity contribution in [3.63, 3.8) is 0 Å². The van der Waals surface area contributed by atoms with Crippen molar-refractivity contribution in [1.29, 1.82) is 0 Å². The van der Waals surface area contributed by atoms with Crippen molar-refractivity contribution in [2.24, 2.45) is 0 Å². The molecule has 0 N–H and O–H groups in total. The molecule has 0 radical (unpaired) electrons. The number of hydrogen-bond donors (Lipinski definition) is 0. The lowest BCUT2D eigenvalue weighted by molar-refractivity contribution is 0.0515. The standard InChI is InChI=1S/C13H10ClIN2O3/c1-2-20-13(19)12-11(18)5-6-17(16-12)10-4-3-8(14)7-9(10)15/h3-7H,2H2,1H3. The quantitative estimate of drug-likeness (QED) is 0.583. The van der Waals surface area contributed by atoms with E-state index >= 15 is 0 Å². The first-order valence-corrected chi connectivity index (χ1v) is 7.21. The third kappa shape index (κ3) is 3.18. The molecule has 2 aromatic rings. The van der Waals surface area contributed by atoms with Crippen molar-refractivity contribution >= 4 is 40.2 Å². The lowest BCUT2D eigenvalue weighted by Gasteiger charge is -2.09. The van der Waals surface area contributed by atoms with Gasteiger partial charge in [0.2, 0.25) is 11.1 Å². The highest BCUT2D eigenvalue weighted by Crippen LogP contribution is 2.20. The number of nitrogens with zero attached hydrogens (tertiary/aromatic N) is 2. The average Bonchev–Trinajstić information content (AvgIpc) is 2.40. The predicted octanol–water partition coefficient (Wildman–Crippen LogP) is 2.67. The highest BCUT2D eigenvalue weighted by Gasteiger charge is 2.15. The molecule has 0 saturated heterocycles. The third-order valence-electron chi connectivity index (χ3n) is 2.43. The van der Waals surface area contributed by atoms with Gasteiger partial charge >= 0.3 is 5.97 Å². The summed E-state index contributed by atoms with van der Waals surface area (Å²) in [4.78, 5) is 23.3. The maximum absolute atomic E-state index is 11.7. The first kappa shape index (κ1) is 15.0. The Morgan fingerprint density at radius 1 is 1.45 bits per heavy atom. The number of ether oxygens (including phenoxy) is 1. The topological polar surface area (TPSA) is 61.2 Å². The zero-order valence-corrected chi connectivity index (χ0v) is 13.4. The number of rotatable bonds is 3. The van der Waals surface area contributed by atoms with Gasteiger partial charge in [-0.25, -0.2) is 9.48 Å². The minimum absolute atomic E-state index is 0.188. The van der Waals surface area contributed by atoms with E-state index in [1.54, 1.807) is 25.1 Å². The summed E-state index contributed by atoms with van der Waals surface area (Å²) in [6.45, 7) is 1.86. The molecule has 1 aromatic heterocycles. The largest absolute Gasteiger partial charge is 0.461 e. The van der Waals surface area contributed by atoms with Crippen molar-refractivity contribution in [3.05, 3.63) is 55.0 Å². The van der Waals surface area contributed by atoms with E-state index in [4.69, 9.17) is 16.3 Å². The van der Waals surface area contributed by atoms with Gasteiger partial charge in [-0.15, -0.1) is 0 Å². The maximum atomic E-state index is 11.7. The van der Waals surface area contributed by atoms with E-state index in [0.717, 1.165) is 9.26 Å². The van der Waals surface area contributed by atoms with Gasteiger partial charge in [0.15, 0.2) is 0 Å². The highest BCUT2D eigenvalue weighted by molar-refractivity contribution is 14.1. The molecule has 5 nitrogen and oxygen atoms in total. The van der Waals surface area contributed by atoms with Gasteiger partial charge in [0, 0.05) is 20.9 Å². The molecule has 104 valence electrons. The minimum atomic E-state index is -0.726. The van der Waals surface area contributed by atoms with E-state index in [-0.39, 0.29) is 12.3 Å². The molecule has 0 saturated carbocycles. The molecule has 20 heavy (non-hydrogen) atoms. The number of aromatic nitrogens is 2. The molecule has 0 unspecified atom stereocenters. The van der Waals surface area contributed by atoms with Gasteiger partial charge in [-0.3, -0.25) is 4.79 Å². The summed E-state index contributed by atoms with van der Waals surface area (Å²) in [5, 5.41) is 4.63. The van der Waals surface area contributed by atoms with Crippen LogP contribution in [0.2, 0.25) is 5.02 Å². The molecule has 1 aromatic carbocycles. The van der Waals surface area contributed by atoms with Crippen molar-refractivity contribution in [2.75, 3.05) is 6.61 Å². The Balaban J connectivity index is 2.51. The van der Waals surface area contributed by atoms with Crippen molar-refractivity contribution < 1.29 is 9.53 Å². The fourth-order valence-electron chi connectivity index (χ4n) is 1.55. The molecule has 0 atom stereocenters. The van der Waals surface area contributed by atoms with E-state index in [0.29, 0.717) is 5.02 Å². The smallest absolute Gasteiger partial charge is 0.362 e. The SMILES string of the molecule is CCOC(=O)c1nn(-c2ccc(Cl)cc2I)ccc1=O. The summed E-state index contributed by atoms with van der Waals surface area (Å²) in [6.07, 6.45) is 1.50. The van der Waals surface area contributed by atoms with Gasteiger partial charge in [0.1, 0.15) is 0 Å². The molecule has 2 rings (SSSR count). The molecular weight excluding hydrogens is 395 g/mol. The molecule has 0 aliphatic rings. The Morgan fingerprint density at radius 3 is 2.85 bits per heavy atom. The molecule has 1 heterocycles. The van der Waals surface area contributed by atoms with Gasteiger partial charge in [-0.1, -0.05) is 11.6 Å². The second-order valence-electron chi connectivity index (χ2n) is 3.79. The van der Waals surface area contributed by atoms with Crippen LogP contribution in [0.3, 0.4) is 0 Å². The molecule has 0 aliphatic carbocycles. The Hall–Kier alpha value is -1.41. The van der Waals surface area contributed by atoms with Crippen LogP contribution in [-0.2, 0) is 4.74 Å². The van der Waals surface area contributed by atoms with Crippen LogP contribution in [0.5, 0.6) is 0 Å². The second kappa shape index (κ2) is 6.36.